The molecule has 1 aromatic carbocycles. The van der Waals surface area contributed by atoms with Gasteiger partial charge in [-0.2, -0.15) is 0 Å². The summed E-state index contributed by atoms with van der Waals surface area (Å²) in [6.45, 7) is 1.85. The van der Waals surface area contributed by atoms with Crippen molar-refractivity contribution < 1.29 is 10.2 Å². The summed E-state index contributed by atoms with van der Waals surface area (Å²) in [5.41, 5.74) is 2.75. The fourth-order valence-corrected chi connectivity index (χ4v) is 1.55. The van der Waals surface area contributed by atoms with E-state index in [1.807, 2.05) is 19.1 Å². The molecule has 0 saturated carbocycles. The Morgan fingerprint density at radius 2 is 2.14 bits per heavy atom. The number of anilines is 1. The zero-order chi connectivity index (χ0) is 10.1. The molecule has 0 amide bonds. The highest BCUT2D eigenvalue weighted by Gasteiger charge is 2.03. The number of aliphatic hydroxyl groups is 1. The first kappa shape index (κ1) is 8.90. The molecule has 74 valence electrons. The van der Waals surface area contributed by atoms with Crippen molar-refractivity contribution in [3.63, 3.8) is 0 Å². The standard InChI is InChI=1S/C10H12N2O2/c1-6-2-7-3-10(14)12-9(7)4-8(6)11-5-13/h2-4,11-14H,5H2,1H3. The van der Waals surface area contributed by atoms with E-state index in [4.69, 9.17) is 5.11 Å². The predicted molar refractivity (Wildman–Crippen MR) is 55.4 cm³/mol. The number of aromatic nitrogens is 1. The van der Waals surface area contributed by atoms with Crippen molar-refractivity contribution in [3.05, 3.63) is 23.8 Å². The second-order valence-electron chi connectivity index (χ2n) is 3.24. The largest absolute Gasteiger partial charge is 0.495 e. The Hall–Kier alpha value is -1.68. The van der Waals surface area contributed by atoms with Crippen LogP contribution in [-0.2, 0) is 0 Å². The molecule has 2 aromatic rings. The average molecular weight is 192 g/mol. The summed E-state index contributed by atoms with van der Waals surface area (Å²) >= 11 is 0. The smallest absolute Gasteiger partial charge is 0.189 e. The van der Waals surface area contributed by atoms with Crippen molar-refractivity contribution in [1.29, 1.82) is 0 Å². The number of fused-ring (bicyclic) bond motifs is 1. The van der Waals surface area contributed by atoms with Gasteiger partial charge in [-0.3, -0.25) is 0 Å². The lowest BCUT2D eigenvalue weighted by molar-refractivity contribution is 0.325. The number of hydrogen-bond acceptors (Lipinski definition) is 3. The van der Waals surface area contributed by atoms with Gasteiger partial charge in [0.25, 0.3) is 0 Å². The number of aliphatic hydroxyl groups excluding tert-OH is 1. The summed E-state index contributed by atoms with van der Waals surface area (Å²) in [7, 11) is 0. The van der Waals surface area contributed by atoms with E-state index in [9.17, 15) is 5.11 Å². The van der Waals surface area contributed by atoms with Gasteiger partial charge >= 0.3 is 0 Å². The molecule has 0 bridgehead atoms. The SMILES string of the molecule is Cc1cc2cc(O)[nH]c2cc1NCO. The van der Waals surface area contributed by atoms with Crippen LogP contribution in [0.2, 0.25) is 0 Å². The molecule has 1 aromatic heterocycles. The molecule has 0 aliphatic heterocycles. The molecular weight excluding hydrogens is 180 g/mol. The van der Waals surface area contributed by atoms with Crippen molar-refractivity contribution in [2.45, 2.75) is 6.92 Å². The highest BCUT2D eigenvalue weighted by Crippen LogP contribution is 2.25. The first-order valence-corrected chi connectivity index (χ1v) is 4.38. The Morgan fingerprint density at radius 3 is 2.86 bits per heavy atom. The van der Waals surface area contributed by atoms with Crippen molar-refractivity contribution in [1.82, 2.24) is 4.98 Å². The molecule has 0 aliphatic rings. The number of benzene rings is 1. The number of nitrogens with one attached hydrogen (secondary N) is 2. The van der Waals surface area contributed by atoms with Crippen molar-refractivity contribution >= 4 is 16.6 Å². The van der Waals surface area contributed by atoms with Crippen LogP contribution in [0.25, 0.3) is 10.9 Å². The predicted octanol–water partition coefficient (Wildman–Crippen LogP) is 1.54. The second-order valence-corrected chi connectivity index (χ2v) is 3.24. The van der Waals surface area contributed by atoms with E-state index in [1.165, 1.54) is 0 Å². The third kappa shape index (κ3) is 1.40. The molecule has 14 heavy (non-hydrogen) atoms. The van der Waals surface area contributed by atoms with Gasteiger partial charge in [-0.15, -0.1) is 0 Å². The molecule has 0 unspecified atom stereocenters. The maximum atomic E-state index is 9.24. The number of hydrogen-bond donors (Lipinski definition) is 4. The maximum Gasteiger partial charge on any atom is 0.189 e. The Kier molecular flexibility index (Phi) is 2.05. The van der Waals surface area contributed by atoms with Gasteiger partial charge in [0.2, 0.25) is 0 Å². The van der Waals surface area contributed by atoms with Crippen LogP contribution < -0.4 is 5.32 Å². The van der Waals surface area contributed by atoms with Crippen molar-refractivity contribution in [2.24, 2.45) is 0 Å². The van der Waals surface area contributed by atoms with Gasteiger partial charge < -0.3 is 20.5 Å². The quantitative estimate of drug-likeness (QED) is 0.546. The molecule has 0 saturated heterocycles. The van der Waals surface area contributed by atoms with Gasteiger partial charge in [0, 0.05) is 17.1 Å². The van der Waals surface area contributed by atoms with Gasteiger partial charge in [-0.25, -0.2) is 0 Å². The van der Waals surface area contributed by atoms with Gasteiger partial charge in [0.05, 0.1) is 5.52 Å². The van der Waals surface area contributed by atoms with Crippen LogP contribution in [0.1, 0.15) is 5.56 Å². The van der Waals surface area contributed by atoms with Crippen LogP contribution in [0.15, 0.2) is 18.2 Å². The van der Waals surface area contributed by atoms with E-state index < -0.39 is 0 Å². The minimum atomic E-state index is -0.0982. The highest BCUT2D eigenvalue weighted by molar-refractivity contribution is 5.86. The van der Waals surface area contributed by atoms with Crippen molar-refractivity contribution in [3.8, 4) is 5.88 Å². The van der Waals surface area contributed by atoms with E-state index in [0.29, 0.717) is 0 Å². The number of H-pyrrole nitrogens is 1. The second kappa shape index (κ2) is 3.23. The summed E-state index contributed by atoms with van der Waals surface area (Å²) in [4.78, 5) is 2.82. The molecule has 0 atom stereocenters. The lowest BCUT2D eigenvalue weighted by atomic mass is 10.1. The van der Waals surface area contributed by atoms with Crippen LogP contribution in [0.4, 0.5) is 5.69 Å². The van der Waals surface area contributed by atoms with E-state index in [0.717, 1.165) is 22.2 Å². The lowest BCUT2D eigenvalue weighted by Gasteiger charge is -2.06. The molecule has 0 spiro atoms. The molecule has 2 rings (SSSR count). The molecule has 4 heteroatoms. The number of aromatic hydroxyl groups is 1. The van der Waals surface area contributed by atoms with Crippen LogP contribution in [0.3, 0.4) is 0 Å². The summed E-state index contributed by atoms with van der Waals surface area (Å²) in [6, 6.07) is 5.48. The number of rotatable bonds is 2. The highest BCUT2D eigenvalue weighted by atomic mass is 16.3. The zero-order valence-electron chi connectivity index (χ0n) is 7.83. The molecule has 4 nitrogen and oxygen atoms in total. The van der Waals surface area contributed by atoms with E-state index >= 15 is 0 Å². The number of aryl methyl sites for hydroxylation is 1. The topological polar surface area (TPSA) is 68.3 Å². The van der Waals surface area contributed by atoms with Gasteiger partial charge in [-0.1, -0.05) is 0 Å². The third-order valence-electron chi connectivity index (χ3n) is 2.22. The van der Waals surface area contributed by atoms with Crippen LogP contribution in [0.5, 0.6) is 5.88 Å². The maximum absolute atomic E-state index is 9.24. The molecular formula is C10H12N2O2. The Balaban J connectivity index is 2.58. The Bertz CT molecular complexity index is 462. The monoisotopic (exact) mass is 192 g/mol. The minimum absolute atomic E-state index is 0.0982. The minimum Gasteiger partial charge on any atom is -0.495 e. The number of aromatic amines is 1. The van der Waals surface area contributed by atoms with Crippen LogP contribution in [0, 0.1) is 6.92 Å². The van der Waals surface area contributed by atoms with E-state index in [2.05, 4.69) is 10.3 Å². The van der Waals surface area contributed by atoms with Gasteiger partial charge in [0.1, 0.15) is 6.73 Å². The molecule has 4 N–H and O–H groups in total. The fourth-order valence-electron chi connectivity index (χ4n) is 1.55. The Morgan fingerprint density at radius 1 is 1.36 bits per heavy atom. The van der Waals surface area contributed by atoms with Gasteiger partial charge in [-0.05, 0) is 24.6 Å². The molecule has 0 aliphatic carbocycles. The normalized spacial score (nSPS) is 10.7. The third-order valence-corrected chi connectivity index (χ3v) is 2.22. The Labute approximate surface area is 81.2 Å². The van der Waals surface area contributed by atoms with Crippen molar-refractivity contribution in [2.75, 3.05) is 12.0 Å². The first-order valence-electron chi connectivity index (χ1n) is 4.38. The van der Waals surface area contributed by atoms with E-state index in [1.54, 1.807) is 6.07 Å². The summed E-state index contributed by atoms with van der Waals surface area (Å²) in [5.74, 6) is 0.153. The summed E-state index contributed by atoms with van der Waals surface area (Å²) in [6.07, 6.45) is 0. The lowest BCUT2D eigenvalue weighted by Crippen LogP contribution is -2.00. The summed E-state index contributed by atoms with van der Waals surface area (Å²) in [5, 5.41) is 21.8. The molecule has 0 fully saturated rings. The van der Waals surface area contributed by atoms with Crippen LogP contribution >= 0.6 is 0 Å². The van der Waals surface area contributed by atoms with Crippen LogP contribution in [-0.4, -0.2) is 21.9 Å². The molecule has 1 heterocycles. The average Bonchev–Trinajstić information content (AvgIpc) is 2.45. The van der Waals surface area contributed by atoms with Gasteiger partial charge in [0.15, 0.2) is 5.88 Å². The summed E-state index contributed by atoms with van der Waals surface area (Å²) < 4.78 is 0. The van der Waals surface area contributed by atoms with E-state index in [-0.39, 0.29) is 12.6 Å². The molecule has 0 radical (unpaired) electrons. The zero-order valence-corrected chi connectivity index (χ0v) is 7.83. The first-order chi connectivity index (χ1) is 6.70. The fraction of sp³-hybridized carbons (Fsp3) is 0.200.